The molecule has 0 fully saturated rings. The van der Waals surface area contributed by atoms with E-state index < -0.39 is 47.2 Å². The minimum Gasteiger partial charge on any atom is -0.480 e. The van der Waals surface area contributed by atoms with Crippen LogP contribution in [0.2, 0.25) is 0 Å². The average Bonchev–Trinajstić information content (AvgIpc) is 2.97. The van der Waals surface area contributed by atoms with Gasteiger partial charge in [0.05, 0.1) is 10.9 Å². The first-order chi connectivity index (χ1) is 19.8. The lowest BCUT2D eigenvalue weighted by molar-refractivity contribution is -0.141. The van der Waals surface area contributed by atoms with Crippen molar-refractivity contribution in [2.24, 2.45) is 0 Å². The van der Waals surface area contributed by atoms with Crippen LogP contribution in [0.5, 0.6) is 0 Å². The maximum atomic E-state index is 13.9. The van der Waals surface area contributed by atoms with Crippen molar-refractivity contribution in [3.8, 4) is 0 Å². The van der Waals surface area contributed by atoms with E-state index in [1.165, 1.54) is 11.8 Å². The van der Waals surface area contributed by atoms with Crippen LogP contribution in [0, 0.1) is 0 Å². The summed E-state index contributed by atoms with van der Waals surface area (Å²) >= 11 is 1.26. The summed E-state index contributed by atoms with van der Waals surface area (Å²) in [4.78, 5) is 68.3. The highest BCUT2D eigenvalue weighted by atomic mass is 32.2. The molecule has 10 nitrogen and oxygen atoms in total. The lowest BCUT2D eigenvalue weighted by atomic mass is 10.0. The Morgan fingerprint density at radius 3 is 1.98 bits per heavy atom. The van der Waals surface area contributed by atoms with Crippen molar-refractivity contribution < 1.29 is 19.5 Å². The van der Waals surface area contributed by atoms with Gasteiger partial charge in [-0.1, -0.05) is 72.8 Å². The molecule has 11 heteroatoms. The highest BCUT2D eigenvalue weighted by Gasteiger charge is 2.31. The summed E-state index contributed by atoms with van der Waals surface area (Å²) in [6, 6.07) is 20.7. The number of aromatic nitrogens is 2. The molecule has 212 valence electrons. The Morgan fingerprint density at radius 2 is 1.37 bits per heavy atom. The molecule has 0 spiro atoms. The first-order valence-electron chi connectivity index (χ1n) is 12.9. The number of thioether (sulfide) groups is 1. The largest absolute Gasteiger partial charge is 0.480 e. The summed E-state index contributed by atoms with van der Waals surface area (Å²) in [7, 11) is 0. The number of aromatic amines is 1. The SMILES string of the molecule is CSC[C@H](NC(=O)[C@H](Cc1ccccc1)NC(=O)[C@H](Cc1ccccc1)n1c(=O)[nH]c2ccccc2c1=O)C(=O)O. The standard InChI is InChI=1S/C30H30N4O6S/c1-41-18-24(29(38)39)32-26(35)23(16-19-10-4-2-5-11-19)31-27(36)25(17-20-12-6-3-7-13-20)34-28(37)21-14-8-9-15-22(21)33-30(34)40/h2-15,23-25H,16-18H2,1H3,(H,31,36)(H,32,35)(H,33,40)(H,38,39)/t23-,24-,25-/m0/s1. The smallest absolute Gasteiger partial charge is 0.329 e. The van der Waals surface area contributed by atoms with Gasteiger partial charge in [0.2, 0.25) is 11.8 Å². The number of H-pyrrole nitrogens is 1. The van der Waals surface area contributed by atoms with E-state index in [1.807, 2.05) is 6.07 Å². The molecule has 0 aliphatic rings. The van der Waals surface area contributed by atoms with Crippen molar-refractivity contribution >= 4 is 40.4 Å². The minimum atomic E-state index is -1.30. The predicted octanol–water partition coefficient (Wildman–Crippen LogP) is 2.13. The van der Waals surface area contributed by atoms with Gasteiger partial charge in [-0.15, -0.1) is 0 Å². The van der Waals surface area contributed by atoms with Crippen LogP contribution in [0.3, 0.4) is 0 Å². The Bertz CT molecular complexity index is 1640. The van der Waals surface area contributed by atoms with Crippen LogP contribution < -0.4 is 21.9 Å². The lowest BCUT2D eigenvalue weighted by Gasteiger charge is -2.25. The number of nitrogens with one attached hydrogen (secondary N) is 3. The van der Waals surface area contributed by atoms with Crippen LogP contribution in [0.4, 0.5) is 0 Å². The van der Waals surface area contributed by atoms with Crippen LogP contribution in [0.25, 0.3) is 10.9 Å². The zero-order valence-electron chi connectivity index (χ0n) is 22.3. The number of hydrogen-bond donors (Lipinski definition) is 4. The fraction of sp³-hybridized carbons (Fsp3) is 0.233. The van der Waals surface area contributed by atoms with Gasteiger partial charge in [0.1, 0.15) is 18.1 Å². The van der Waals surface area contributed by atoms with E-state index in [9.17, 15) is 29.1 Å². The van der Waals surface area contributed by atoms with Crippen LogP contribution in [-0.4, -0.2) is 56.5 Å². The van der Waals surface area contributed by atoms with Gasteiger partial charge in [0.25, 0.3) is 5.56 Å². The number of aliphatic carboxylic acids is 1. The molecule has 3 atom stereocenters. The quantitative estimate of drug-likeness (QED) is 0.202. The monoisotopic (exact) mass is 574 g/mol. The Morgan fingerprint density at radius 1 is 0.805 bits per heavy atom. The fourth-order valence-corrected chi connectivity index (χ4v) is 5.10. The summed E-state index contributed by atoms with van der Waals surface area (Å²) in [6.45, 7) is 0. The Kier molecular flexibility index (Phi) is 9.75. The van der Waals surface area contributed by atoms with E-state index in [0.717, 1.165) is 10.1 Å². The second kappa shape index (κ2) is 13.6. The third-order valence-corrected chi connectivity index (χ3v) is 7.25. The van der Waals surface area contributed by atoms with Crippen LogP contribution >= 0.6 is 11.8 Å². The normalized spacial score (nSPS) is 13.2. The lowest BCUT2D eigenvalue weighted by Crippen LogP contribution is -2.55. The highest BCUT2D eigenvalue weighted by molar-refractivity contribution is 7.98. The molecular weight excluding hydrogens is 544 g/mol. The fourth-order valence-electron chi connectivity index (χ4n) is 4.54. The number of rotatable bonds is 12. The Labute approximate surface area is 239 Å². The minimum absolute atomic E-state index is 0.00208. The number of carboxylic acids is 1. The van der Waals surface area contributed by atoms with Gasteiger partial charge >= 0.3 is 11.7 Å². The summed E-state index contributed by atoms with van der Waals surface area (Å²) < 4.78 is 0.871. The van der Waals surface area contributed by atoms with Gasteiger partial charge in [-0.05, 0) is 29.5 Å². The molecule has 1 heterocycles. The summed E-state index contributed by atoms with van der Waals surface area (Å²) in [6.07, 6.45) is 1.78. The molecule has 0 saturated carbocycles. The van der Waals surface area contributed by atoms with Crippen molar-refractivity contribution in [1.29, 1.82) is 0 Å². The van der Waals surface area contributed by atoms with Gasteiger partial charge in [0, 0.05) is 18.6 Å². The van der Waals surface area contributed by atoms with E-state index in [0.29, 0.717) is 11.1 Å². The maximum Gasteiger partial charge on any atom is 0.329 e. The number of hydrogen-bond acceptors (Lipinski definition) is 6. The molecule has 0 aliphatic carbocycles. The number of amides is 2. The molecule has 4 N–H and O–H groups in total. The van der Waals surface area contributed by atoms with Crippen molar-refractivity contribution in [1.82, 2.24) is 20.2 Å². The zero-order valence-corrected chi connectivity index (χ0v) is 23.1. The van der Waals surface area contributed by atoms with E-state index in [2.05, 4.69) is 15.6 Å². The molecule has 4 rings (SSSR count). The molecule has 2 amide bonds. The number of para-hydroxylation sites is 1. The Balaban J connectivity index is 1.73. The van der Waals surface area contributed by atoms with Crippen LogP contribution in [-0.2, 0) is 27.2 Å². The van der Waals surface area contributed by atoms with E-state index in [1.54, 1.807) is 85.1 Å². The zero-order chi connectivity index (χ0) is 29.4. The molecule has 0 unspecified atom stereocenters. The molecule has 3 aromatic carbocycles. The maximum absolute atomic E-state index is 13.9. The first kappa shape index (κ1) is 29.3. The van der Waals surface area contributed by atoms with Crippen molar-refractivity contribution in [3.05, 3.63) is 117 Å². The van der Waals surface area contributed by atoms with E-state index in [-0.39, 0.29) is 24.0 Å². The highest BCUT2D eigenvalue weighted by Crippen LogP contribution is 2.15. The second-order valence-electron chi connectivity index (χ2n) is 9.46. The molecule has 0 aliphatic heterocycles. The molecule has 0 saturated heterocycles. The van der Waals surface area contributed by atoms with E-state index in [4.69, 9.17) is 0 Å². The van der Waals surface area contributed by atoms with Crippen LogP contribution in [0.1, 0.15) is 17.2 Å². The van der Waals surface area contributed by atoms with Gasteiger partial charge in [-0.2, -0.15) is 11.8 Å². The Hall–Kier alpha value is -4.64. The van der Waals surface area contributed by atoms with Gasteiger partial charge in [-0.3, -0.25) is 14.4 Å². The summed E-state index contributed by atoms with van der Waals surface area (Å²) in [5.41, 5.74) is 0.356. The van der Waals surface area contributed by atoms with Crippen LogP contribution in [0.15, 0.2) is 94.5 Å². The molecule has 0 radical (unpaired) electrons. The molecule has 0 bridgehead atoms. The van der Waals surface area contributed by atoms with Crippen molar-refractivity contribution in [3.63, 3.8) is 0 Å². The number of carboxylic acid groups (broad SMARTS) is 1. The number of benzene rings is 3. The van der Waals surface area contributed by atoms with Crippen molar-refractivity contribution in [2.75, 3.05) is 12.0 Å². The summed E-state index contributed by atoms with van der Waals surface area (Å²) in [5.74, 6) is -2.49. The topological polar surface area (TPSA) is 150 Å². The average molecular weight is 575 g/mol. The molecule has 1 aromatic heterocycles. The second-order valence-corrected chi connectivity index (χ2v) is 10.4. The third-order valence-electron chi connectivity index (χ3n) is 6.59. The molecular formula is C30H30N4O6S. The first-order valence-corrected chi connectivity index (χ1v) is 14.3. The summed E-state index contributed by atoms with van der Waals surface area (Å²) in [5, 5.41) is 15.0. The number of carbonyl (C=O) groups excluding carboxylic acids is 2. The van der Waals surface area contributed by atoms with Gasteiger partial charge in [0.15, 0.2) is 0 Å². The number of nitrogens with zero attached hydrogens (tertiary/aromatic N) is 1. The van der Waals surface area contributed by atoms with Gasteiger partial charge < -0.3 is 20.7 Å². The predicted molar refractivity (Wildman–Crippen MR) is 158 cm³/mol. The molecule has 41 heavy (non-hydrogen) atoms. The number of fused-ring (bicyclic) bond motifs is 1. The van der Waals surface area contributed by atoms with Gasteiger partial charge in [-0.25, -0.2) is 14.2 Å². The third kappa shape index (κ3) is 7.31. The number of carbonyl (C=O) groups is 3. The molecule has 4 aromatic rings. The van der Waals surface area contributed by atoms with E-state index >= 15 is 0 Å². The van der Waals surface area contributed by atoms with Crippen molar-refractivity contribution in [2.45, 2.75) is 31.0 Å².